The molecule has 0 saturated carbocycles. The minimum absolute atomic E-state index is 0.215. The molecule has 0 N–H and O–H groups in total. The molecule has 19 heavy (non-hydrogen) atoms. The van der Waals surface area contributed by atoms with Gasteiger partial charge in [0.1, 0.15) is 5.38 Å². The summed E-state index contributed by atoms with van der Waals surface area (Å²) in [5, 5.41) is -2.43. The summed E-state index contributed by atoms with van der Waals surface area (Å²) < 4.78 is 62.8. The molecule has 0 radical (unpaired) electrons. The van der Waals surface area contributed by atoms with Crippen LogP contribution in [-0.2, 0) is 5.41 Å². The van der Waals surface area contributed by atoms with Crippen molar-refractivity contribution in [2.75, 3.05) is 0 Å². The van der Waals surface area contributed by atoms with Gasteiger partial charge >= 0.3 is 12.1 Å². The summed E-state index contributed by atoms with van der Waals surface area (Å²) in [5.41, 5.74) is 0.361. The highest BCUT2D eigenvalue weighted by Crippen LogP contribution is 2.47. The highest BCUT2D eigenvalue weighted by molar-refractivity contribution is 6.21. The molecule has 0 amide bonds. The highest BCUT2D eigenvalue weighted by atomic mass is 35.5. The molecule has 1 atom stereocenters. The number of hydrogen-bond donors (Lipinski definition) is 0. The molecule has 0 heterocycles. The van der Waals surface area contributed by atoms with Crippen LogP contribution < -0.4 is 0 Å². The minimum atomic E-state index is -5.66. The first-order chi connectivity index (χ1) is 8.37. The predicted octanol–water partition coefficient (Wildman–Crippen LogP) is 5.46. The number of hydrogen-bond acceptors (Lipinski definition) is 0. The highest BCUT2D eigenvalue weighted by Gasteiger charge is 2.62. The lowest BCUT2D eigenvalue weighted by Crippen LogP contribution is -2.40. The van der Waals surface area contributed by atoms with Crippen molar-refractivity contribution in [2.24, 2.45) is 0 Å². The molecule has 0 spiro atoms. The fourth-order valence-corrected chi connectivity index (χ4v) is 1.77. The van der Waals surface area contributed by atoms with Gasteiger partial charge in [0.15, 0.2) is 0 Å². The zero-order valence-corrected chi connectivity index (χ0v) is 11.4. The third kappa shape index (κ3) is 3.38. The van der Waals surface area contributed by atoms with Crippen molar-refractivity contribution < 1.29 is 22.0 Å². The van der Waals surface area contributed by atoms with Crippen LogP contribution in [0.3, 0.4) is 0 Å². The Labute approximate surface area is 113 Å². The van der Waals surface area contributed by atoms with Crippen molar-refractivity contribution in [3.05, 3.63) is 35.4 Å². The average Bonchev–Trinajstić information content (AvgIpc) is 2.25. The lowest BCUT2D eigenvalue weighted by molar-refractivity contribution is -0.283. The van der Waals surface area contributed by atoms with E-state index in [0.717, 1.165) is 5.56 Å². The van der Waals surface area contributed by atoms with E-state index in [1.165, 1.54) is 24.3 Å². The molecule has 0 bridgehead atoms. The lowest BCUT2D eigenvalue weighted by Gasteiger charge is -2.25. The van der Waals surface area contributed by atoms with E-state index < -0.39 is 17.5 Å². The summed E-state index contributed by atoms with van der Waals surface area (Å²) in [4.78, 5) is 0. The molecule has 0 nitrogen and oxygen atoms in total. The topological polar surface area (TPSA) is 0 Å². The van der Waals surface area contributed by atoms with Gasteiger partial charge < -0.3 is 0 Å². The first-order valence-corrected chi connectivity index (χ1v) is 6.00. The molecule has 0 aromatic heterocycles. The molecule has 0 saturated heterocycles. The van der Waals surface area contributed by atoms with Gasteiger partial charge in [-0.3, -0.25) is 0 Å². The van der Waals surface area contributed by atoms with Gasteiger partial charge in [-0.2, -0.15) is 22.0 Å². The van der Waals surface area contributed by atoms with Crippen molar-refractivity contribution >= 4 is 11.6 Å². The first-order valence-electron chi connectivity index (χ1n) is 5.56. The van der Waals surface area contributed by atoms with Crippen molar-refractivity contribution in [1.29, 1.82) is 0 Å². The van der Waals surface area contributed by atoms with Crippen LogP contribution in [0.4, 0.5) is 22.0 Å². The maximum Gasteiger partial charge on any atom is 0.455 e. The second kappa shape index (κ2) is 4.93. The second-order valence-electron chi connectivity index (χ2n) is 5.36. The number of halogens is 6. The minimum Gasteiger partial charge on any atom is -0.194 e. The fraction of sp³-hybridized carbons (Fsp3) is 0.538. The maximum atomic E-state index is 13.1. The smallest absolute Gasteiger partial charge is 0.194 e. The third-order valence-corrected chi connectivity index (χ3v) is 3.29. The van der Waals surface area contributed by atoms with E-state index in [2.05, 4.69) is 0 Å². The van der Waals surface area contributed by atoms with Crippen LogP contribution in [-0.4, -0.2) is 12.1 Å². The van der Waals surface area contributed by atoms with Gasteiger partial charge in [-0.05, 0) is 16.5 Å². The molecule has 0 aliphatic rings. The maximum absolute atomic E-state index is 13.1. The molecule has 1 rings (SSSR count). The molecule has 1 aromatic carbocycles. The van der Waals surface area contributed by atoms with E-state index in [9.17, 15) is 22.0 Å². The Hall–Kier alpha value is -0.840. The Morgan fingerprint density at radius 3 is 1.63 bits per heavy atom. The average molecular weight is 301 g/mol. The second-order valence-corrected chi connectivity index (χ2v) is 5.79. The Kier molecular flexibility index (Phi) is 4.20. The van der Waals surface area contributed by atoms with Gasteiger partial charge in [0, 0.05) is 0 Å². The van der Waals surface area contributed by atoms with Gasteiger partial charge in [-0.25, -0.2) is 0 Å². The predicted molar refractivity (Wildman–Crippen MR) is 64.7 cm³/mol. The van der Waals surface area contributed by atoms with Gasteiger partial charge in [-0.15, -0.1) is 11.6 Å². The van der Waals surface area contributed by atoms with Crippen LogP contribution in [0.25, 0.3) is 0 Å². The quantitative estimate of drug-likeness (QED) is 0.502. The van der Waals surface area contributed by atoms with E-state index in [-0.39, 0.29) is 11.0 Å². The zero-order chi connectivity index (χ0) is 15.1. The number of rotatable bonds is 2. The standard InChI is InChI=1S/C13H14ClF5/c1-11(2,3)9-6-4-8(5-7-9)10(14)12(15,16)13(17,18)19/h4-7,10H,1-3H3. The van der Waals surface area contributed by atoms with Crippen LogP contribution in [0, 0.1) is 0 Å². The molecule has 0 aliphatic carbocycles. The molecule has 108 valence electrons. The van der Waals surface area contributed by atoms with E-state index in [0.29, 0.717) is 0 Å². The molecule has 0 aliphatic heterocycles. The monoisotopic (exact) mass is 300 g/mol. The molecular weight excluding hydrogens is 287 g/mol. The number of alkyl halides is 6. The molecular formula is C13H14ClF5. The van der Waals surface area contributed by atoms with Crippen molar-refractivity contribution in [3.8, 4) is 0 Å². The largest absolute Gasteiger partial charge is 0.455 e. The molecule has 0 fully saturated rings. The van der Waals surface area contributed by atoms with Crippen LogP contribution in [0.2, 0.25) is 0 Å². The van der Waals surface area contributed by atoms with Gasteiger partial charge in [-0.1, -0.05) is 45.0 Å². The summed E-state index contributed by atoms with van der Waals surface area (Å²) >= 11 is 5.28. The zero-order valence-electron chi connectivity index (χ0n) is 10.7. The van der Waals surface area contributed by atoms with Gasteiger partial charge in [0.2, 0.25) is 0 Å². The van der Waals surface area contributed by atoms with Crippen LogP contribution in [0.5, 0.6) is 0 Å². The Bertz CT molecular complexity index is 428. The molecule has 1 aromatic rings. The van der Waals surface area contributed by atoms with Gasteiger partial charge in [0.05, 0.1) is 0 Å². The lowest BCUT2D eigenvalue weighted by atomic mass is 9.86. The third-order valence-electron chi connectivity index (χ3n) is 2.77. The Morgan fingerprint density at radius 2 is 1.32 bits per heavy atom. The SMILES string of the molecule is CC(C)(C)c1ccc(C(Cl)C(F)(F)C(F)(F)F)cc1. The van der Waals surface area contributed by atoms with E-state index in [1.807, 2.05) is 20.8 Å². The van der Waals surface area contributed by atoms with Crippen molar-refractivity contribution in [3.63, 3.8) is 0 Å². The fourth-order valence-electron chi connectivity index (χ4n) is 1.51. The van der Waals surface area contributed by atoms with E-state index in [1.54, 1.807) is 0 Å². The van der Waals surface area contributed by atoms with E-state index >= 15 is 0 Å². The Morgan fingerprint density at radius 1 is 0.895 bits per heavy atom. The van der Waals surface area contributed by atoms with Crippen molar-refractivity contribution in [1.82, 2.24) is 0 Å². The van der Waals surface area contributed by atoms with E-state index in [4.69, 9.17) is 11.6 Å². The molecule has 6 heteroatoms. The number of benzene rings is 1. The summed E-state index contributed by atoms with van der Waals surface area (Å²) in [6.07, 6.45) is -5.66. The summed E-state index contributed by atoms with van der Waals surface area (Å²) in [7, 11) is 0. The summed E-state index contributed by atoms with van der Waals surface area (Å²) in [6.45, 7) is 5.72. The Balaban J connectivity index is 3.06. The first kappa shape index (κ1) is 16.2. The molecule has 1 unspecified atom stereocenters. The van der Waals surface area contributed by atoms with Crippen LogP contribution >= 0.6 is 11.6 Å². The van der Waals surface area contributed by atoms with Crippen LogP contribution in [0.1, 0.15) is 37.3 Å². The summed E-state index contributed by atoms with van der Waals surface area (Å²) in [6, 6.07) is 5.43. The van der Waals surface area contributed by atoms with Gasteiger partial charge in [0.25, 0.3) is 0 Å². The van der Waals surface area contributed by atoms with Crippen molar-refractivity contribution in [2.45, 2.75) is 43.7 Å². The van der Waals surface area contributed by atoms with Crippen LogP contribution in [0.15, 0.2) is 24.3 Å². The summed E-state index contributed by atoms with van der Waals surface area (Å²) in [5.74, 6) is -4.96. The normalized spacial score (nSPS) is 15.4.